The van der Waals surface area contributed by atoms with E-state index in [-0.39, 0.29) is 18.3 Å². The SMILES string of the molecule is Cc1ccn(-c2ccc(B3OC(C)(C)C(C)(C)O3)cn2)n1. The molecule has 1 saturated heterocycles. The molecule has 0 atom stereocenters. The van der Waals surface area contributed by atoms with Crippen molar-refractivity contribution in [1.82, 2.24) is 14.8 Å². The minimum Gasteiger partial charge on any atom is -0.399 e. The monoisotopic (exact) mass is 285 g/mol. The van der Waals surface area contributed by atoms with Crippen molar-refractivity contribution in [3.05, 3.63) is 36.3 Å². The summed E-state index contributed by atoms with van der Waals surface area (Å²) in [5.74, 6) is 0.781. The molecule has 0 aliphatic carbocycles. The lowest BCUT2D eigenvalue weighted by molar-refractivity contribution is 0.00578. The standard InChI is InChI=1S/C15H20BN3O2/c1-11-8-9-19(18-11)13-7-6-12(10-17-13)16-20-14(2,3)15(4,5)21-16/h6-10H,1-5H3. The van der Waals surface area contributed by atoms with Gasteiger partial charge in [0.2, 0.25) is 0 Å². The van der Waals surface area contributed by atoms with Crippen LogP contribution in [0.2, 0.25) is 0 Å². The average molecular weight is 285 g/mol. The maximum atomic E-state index is 6.02. The van der Waals surface area contributed by atoms with Crippen molar-refractivity contribution in [3.8, 4) is 5.82 Å². The summed E-state index contributed by atoms with van der Waals surface area (Å²) in [5.41, 5.74) is 1.21. The molecule has 0 aromatic carbocycles. The number of aromatic nitrogens is 3. The molecule has 2 aromatic rings. The zero-order valence-electron chi connectivity index (χ0n) is 13.1. The van der Waals surface area contributed by atoms with Crippen LogP contribution in [0.25, 0.3) is 5.82 Å². The lowest BCUT2D eigenvalue weighted by Gasteiger charge is -2.32. The van der Waals surface area contributed by atoms with Crippen LogP contribution in [0.1, 0.15) is 33.4 Å². The average Bonchev–Trinajstić information content (AvgIpc) is 2.92. The van der Waals surface area contributed by atoms with Crippen LogP contribution >= 0.6 is 0 Å². The topological polar surface area (TPSA) is 49.2 Å². The highest BCUT2D eigenvalue weighted by atomic mass is 16.7. The highest BCUT2D eigenvalue weighted by Crippen LogP contribution is 2.36. The molecule has 3 rings (SSSR count). The fourth-order valence-corrected chi connectivity index (χ4v) is 2.19. The number of nitrogens with zero attached hydrogens (tertiary/aromatic N) is 3. The lowest BCUT2D eigenvalue weighted by Crippen LogP contribution is -2.41. The van der Waals surface area contributed by atoms with Gasteiger partial charge in [-0.3, -0.25) is 0 Å². The molecule has 0 bridgehead atoms. The van der Waals surface area contributed by atoms with E-state index in [2.05, 4.69) is 10.1 Å². The fraction of sp³-hybridized carbons (Fsp3) is 0.467. The Morgan fingerprint density at radius 3 is 2.19 bits per heavy atom. The highest BCUT2D eigenvalue weighted by molar-refractivity contribution is 6.62. The Bertz CT molecular complexity index is 633. The van der Waals surface area contributed by atoms with E-state index in [1.54, 1.807) is 10.9 Å². The predicted octanol–water partition coefficient (Wildman–Crippen LogP) is 1.87. The van der Waals surface area contributed by atoms with Crippen LogP contribution in [0.3, 0.4) is 0 Å². The molecule has 0 unspecified atom stereocenters. The van der Waals surface area contributed by atoms with E-state index in [0.29, 0.717) is 0 Å². The third kappa shape index (κ3) is 2.49. The van der Waals surface area contributed by atoms with Crippen LogP contribution in [-0.2, 0) is 9.31 Å². The van der Waals surface area contributed by atoms with Gasteiger partial charge in [-0.2, -0.15) is 5.10 Å². The first-order chi connectivity index (χ1) is 9.78. The third-order valence-electron chi connectivity index (χ3n) is 4.25. The van der Waals surface area contributed by atoms with Gasteiger partial charge in [-0.25, -0.2) is 9.67 Å². The van der Waals surface area contributed by atoms with E-state index in [1.807, 2.05) is 59.0 Å². The Balaban J connectivity index is 1.83. The normalized spacial score (nSPS) is 20.0. The van der Waals surface area contributed by atoms with Gasteiger partial charge in [-0.05, 0) is 46.8 Å². The van der Waals surface area contributed by atoms with Gasteiger partial charge in [0.15, 0.2) is 5.82 Å². The molecular weight excluding hydrogens is 265 g/mol. The van der Waals surface area contributed by atoms with E-state index < -0.39 is 0 Å². The predicted molar refractivity (Wildman–Crippen MR) is 81.8 cm³/mol. The maximum absolute atomic E-state index is 6.02. The van der Waals surface area contributed by atoms with E-state index in [1.165, 1.54) is 0 Å². The van der Waals surface area contributed by atoms with Gasteiger partial charge in [0, 0.05) is 17.9 Å². The first-order valence-corrected chi connectivity index (χ1v) is 7.13. The van der Waals surface area contributed by atoms with Crippen LogP contribution in [0.5, 0.6) is 0 Å². The van der Waals surface area contributed by atoms with Gasteiger partial charge in [0.25, 0.3) is 0 Å². The summed E-state index contributed by atoms with van der Waals surface area (Å²) < 4.78 is 13.8. The van der Waals surface area contributed by atoms with Gasteiger partial charge in [0.1, 0.15) is 0 Å². The molecule has 0 spiro atoms. The van der Waals surface area contributed by atoms with Crippen LogP contribution in [-0.4, -0.2) is 33.1 Å². The minimum absolute atomic E-state index is 0.338. The smallest absolute Gasteiger partial charge is 0.399 e. The number of hydrogen-bond acceptors (Lipinski definition) is 4. The van der Waals surface area contributed by atoms with Gasteiger partial charge in [0.05, 0.1) is 16.9 Å². The van der Waals surface area contributed by atoms with E-state index in [9.17, 15) is 0 Å². The molecule has 0 amide bonds. The summed E-state index contributed by atoms with van der Waals surface area (Å²) in [6.07, 6.45) is 3.68. The zero-order chi connectivity index (χ0) is 15.3. The summed E-state index contributed by atoms with van der Waals surface area (Å²) in [5, 5.41) is 4.35. The summed E-state index contributed by atoms with van der Waals surface area (Å²) >= 11 is 0. The molecule has 0 radical (unpaired) electrons. The largest absolute Gasteiger partial charge is 0.496 e. The second kappa shape index (κ2) is 4.68. The van der Waals surface area contributed by atoms with Crippen LogP contribution in [0.15, 0.2) is 30.6 Å². The summed E-state index contributed by atoms with van der Waals surface area (Å²) in [6.45, 7) is 10.1. The lowest BCUT2D eigenvalue weighted by atomic mass is 9.80. The fourth-order valence-electron chi connectivity index (χ4n) is 2.19. The Kier molecular flexibility index (Phi) is 3.18. The van der Waals surface area contributed by atoms with Crippen molar-refractivity contribution in [1.29, 1.82) is 0 Å². The molecule has 110 valence electrons. The van der Waals surface area contributed by atoms with Crippen molar-refractivity contribution in [2.75, 3.05) is 0 Å². The van der Waals surface area contributed by atoms with Gasteiger partial charge >= 0.3 is 7.12 Å². The third-order valence-corrected chi connectivity index (χ3v) is 4.25. The van der Waals surface area contributed by atoms with Crippen molar-refractivity contribution >= 4 is 12.6 Å². The molecule has 3 heterocycles. The van der Waals surface area contributed by atoms with Crippen LogP contribution < -0.4 is 5.46 Å². The quantitative estimate of drug-likeness (QED) is 0.790. The van der Waals surface area contributed by atoms with Crippen LogP contribution in [0, 0.1) is 6.92 Å². The van der Waals surface area contributed by atoms with E-state index >= 15 is 0 Å². The molecule has 1 aliphatic rings. The summed E-state index contributed by atoms with van der Waals surface area (Å²) in [4.78, 5) is 4.44. The number of rotatable bonds is 2. The van der Waals surface area contributed by atoms with Gasteiger partial charge in [-0.15, -0.1) is 0 Å². The van der Waals surface area contributed by atoms with Crippen molar-refractivity contribution < 1.29 is 9.31 Å². The second-order valence-corrected chi connectivity index (χ2v) is 6.44. The second-order valence-electron chi connectivity index (χ2n) is 6.44. The Morgan fingerprint density at radius 2 is 1.71 bits per heavy atom. The highest BCUT2D eigenvalue weighted by Gasteiger charge is 2.51. The summed E-state index contributed by atoms with van der Waals surface area (Å²) in [6, 6.07) is 5.85. The Morgan fingerprint density at radius 1 is 1.05 bits per heavy atom. The molecule has 0 saturated carbocycles. The first kappa shape index (κ1) is 14.3. The Labute approximate surface area is 125 Å². The van der Waals surface area contributed by atoms with Gasteiger partial charge < -0.3 is 9.31 Å². The van der Waals surface area contributed by atoms with Crippen LogP contribution in [0.4, 0.5) is 0 Å². The number of pyridine rings is 1. The molecule has 2 aromatic heterocycles. The first-order valence-electron chi connectivity index (χ1n) is 7.13. The molecule has 1 fully saturated rings. The zero-order valence-corrected chi connectivity index (χ0v) is 13.1. The Hall–Kier alpha value is -1.66. The minimum atomic E-state index is -0.379. The maximum Gasteiger partial charge on any atom is 0.496 e. The summed E-state index contributed by atoms with van der Waals surface area (Å²) in [7, 11) is -0.379. The van der Waals surface area contributed by atoms with E-state index in [4.69, 9.17) is 9.31 Å². The molecule has 5 nitrogen and oxygen atoms in total. The molecule has 6 heteroatoms. The van der Waals surface area contributed by atoms with E-state index in [0.717, 1.165) is 17.0 Å². The molecule has 0 N–H and O–H groups in total. The number of aryl methyl sites for hydroxylation is 1. The van der Waals surface area contributed by atoms with Gasteiger partial charge in [-0.1, -0.05) is 6.07 Å². The molecule has 1 aliphatic heterocycles. The van der Waals surface area contributed by atoms with Crippen molar-refractivity contribution in [2.45, 2.75) is 45.8 Å². The van der Waals surface area contributed by atoms with Crippen molar-refractivity contribution in [2.24, 2.45) is 0 Å². The number of hydrogen-bond donors (Lipinski definition) is 0. The molecular formula is C15H20BN3O2. The molecule has 21 heavy (non-hydrogen) atoms. The van der Waals surface area contributed by atoms with Crippen molar-refractivity contribution in [3.63, 3.8) is 0 Å².